The molecule has 1 N–H and O–H groups in total. The van der Waals surface area contributed by atoms with E-state index in [9.17, 15) is 23.5 Å². The van der Waals surface area contributed by atoms with Crippen LogP contribution in [0.15, 0.2) is 29.8 Å². The van der Waals surface area contributed by atoms with E-state index in [0.717, 1.165) is 5.56 Å². The summed E-state index contributed by atoms with van der Waals surface area (Å²) in [5.74, 6) is -1.25. The van der Waals surface area contributed by atoms with Crippen LogP contribution in [0.3, 0.4) is 0 Å². The van der Waals surface area contributed by atoms with E-state index in [1.54, 1.807) is 26.3 Å². The number of ketones is 2. The summed E-state index contributed by atoms with van der Waals surface area (Å²) in [6, 6.07) is 1.71. The van der Waals surface area contributed by atoms with Crippen molar-refractivity contribution in [1.29, 1.82) is 0 Å². The molecule has 0 amide bonds. The summed E-state index contributed by atoms with van der Waals surface area (Å²) < 4.78 is 39.1. The lowest BCUT2D eigenvalue weighted by Crippen LogP contribution is -2.20. The van der Waals surface area contributed by atoms with Gasteiger partial charge in [0.25, 0.3) is 6.43 Å². The van der Waals surface area contributed by atoms with Crippen LogP contribution in [-0.2, 0) is 16.1 Å². The topological polar surface area (TPSA) is 104 Å². The van der Waals surface area contributed by atoms with Gasteiger partial charge in [-0.25, -0.2) is 8.78 Å². The third-order valence-electron chi connectivity index (χ3n) is 5.17. The van der Waals surface area contributed by atoms with Crippen LogP contribution in [0, 0.1) is 6.92 Å². The van der Waals surface area contributed by atoms with Crippen LogP contribution >= 0.6 is 0 Å². The molecule has 8 nitrogen and oxygen atoms in total. The number of allylic oxidation sites excluding steroid dienone is 2. The second kappa shape index (κ2) is 10.4. The maximum Gasteiger partial charge on any atom is 0.282 e. The van der Waals surface area contributed by atoms with Gasteiger partial charge in [-0.2, -0.15) is 5.10 Å². The number of aromatic nitrogens is 3. The van der Waals surface area contributed by atoms with Crippen LogP contribution in [0.2, 0.25) is 0 Å². The molecule has 10 heteroatoms. The van der Waals surface area contributed by atoms with Crippen molar-refractivity contribution in [2.75, 3.05) is 20.3 Å². The molecule has 2 aromatic heterocycles. The van der Waals surface area contributed by atoms with Crippen molar-refractivity contribution in [3.8, 4) is 5.75 Å². The molecule has 32 heavy (non-hydrogen) atoms. The summed E-state index contributed by atoms with van der Waals surface area (Å²) in [7, 11) is 1.61. The minimum Gasteiger partial charge on any atom is -0.511 e. The fourth-order valence-electron chi connectivity index (χ4n) is 3.49. The Balaban J connectivity index is 1.86. The highest BCUT2D eigenvalue weighted by Crippen LogP contribution is 2.29. The molecule has 0 aliphatic heterocycles. The molecule has 0 saturated carbocycles. The molecule has 1 aliphatic carbocycles. The van der Waals surface area contributed by atoms with Gasteiger partial charge in [-0.1, -0.05) is 0 Å². The first kappa shape index (κ1) is 23.5. The van der Waals surface area contributed by atoms with E-state index in [-0.39, 0.29) is 25.1 Å². The van der Waals surface area contributed by atoms with E-state index >= 15 is 0 Å². The Morgan fingerprint density at radius 2 is 2.09 bits per heavy atom. The minimum absolute atomic E-state index is 0.0209. The van der Waals surface area contributed by atoms with E-state index in [2.05, 4.69) is 10.1 Å². The number of aliphatic hydroxyl groups is 1. The Morgan fingerprint density at radius 3 is 2.78 bits per heavy atom. The molecule has 0 atom stereocenters. The second-order valence-electron chi connectivity index (χ2n) is 7.43. The zero-order valence-corrected chi connectivity index (χ0v) is 17.9. The van der Waals surface area contributed by atoms with Gasteiger partial charge in [-0.15, -0.1) is 0 Å². The molecular weight excluding hydrogens is 424 g/mol. The van der Waals surface area contributed by atoms with Crippen molar-refractivity contribution in [2.45, 2.75) is 45.6 Å². The lowest BCUT2D eigenvalue weighted by atomic mass is 9.90. The van der Waals surface area contributed by atoms with Crippen molar-refractivity contribution in [2.24, 2.45) is 0 Å². The van der Waals surface area contributed by atoms with Gasteiger partial charge in [-0.05, 0) is 19.4 Å². The molecule has 2 aromatic rings. The van der Waals surface area contributed by atoms with Gasteiger partial charge in [0.05, 0.1) is 24.4 Å². The molecule has 3 rings (SSSR count). The smallest absolute Gasteiger partial charge is 0.282 e. The molecule has 1 aliphatic rings. The number of alkyl halides is 2. The van der Waals surface area contributed by atoms with Crippen molar-refractivity contribution in [1.82, 2.24) is 14.8 Å². The van der Waals surface area contributed by atoms with Crippen LogP contribution in [0.25, 0.3) is 0 Å². The third-order valence-corrected chi connectivity index (χ3v) is 5.17. The van der Waals surface area contributed by atoms with Crippen LogP contribution in [-0.4, -0.2) is 51.8 Å². The van der Waals surface area contributed by atoms with Crippen molar-refractivity contribution >= 4 is 11.6 Å². The summed E-state index contributed by atoms with van der Waals surface area (Å²) in [6.07, 6.45) is 1.05. The molecule has 0 spiro atoms. The Hall–Kier alpha value is -3.14. The zero-order valence-electron chi connectivity index (χ0n) is 17.9. The maximum atomic E-state index is 13.6. The number of pyridine rings is 1. The lowest BCUT2D eigenvalue weighted by Gasteiger charge is -2.13. The summed E-state index contributed by atoms with van der Waals surface area (Å²) in [4.78, 5) is 29.2. The zero-order chi connectivity index (χ0) is 23.3. The Kier molecular flexibility index (Phi) is 7.68. The highest BCUT2D eigenvalue weighted by molar-refractivity contribution is 6.27. The van der Waals surface area contributed by atoms with Gasteiger partial charge < -0.3 is 14.6 Å². The fourth-order valence-corrected chi connectivity index (χ4v) is 3.49. The number of ether oxygens (including phenoxy) is 2. The number of hydrogen-bond acceptors (Lipinski definition) is 7. The van der Waals surface area contributed by atoms with E-state index in [1.807, 2.05) is 0 Å². The highest BCUT2D eigenvalue weighted by Gasteiger charge is 2.32. The summed E-state index contributed by atoms with van der Waals surface area (Å²) in [6.45, 7) is 2.82. The van der Waals surface area contributed by atoms with Crippen LogP contribution in [0.4, 0.5) is 8.78 Å². The van der Waals surface area contributed by atoms with Crippen molar-refractivity contribution in [3.05, 3.63) is 52.3 Å². The molecule has 0 radical (unpaired) electrons. The number of carbonyl (C=O) groups is 2. The third kappa shape index (κ3) is 5.18. The SMILES string of the molecule is COCCCOc1ccnc(Cn2cc(C(=O)C3=C(O)CCCC3=O)c(C(F)F)n2)c1C. The van der Waals surface area contributed by atoms with Crippen LogP contribution in [0.1, 0.15) is 59.4 Å². The van der Waals surface area contributed by atoms with E-state index in [4.69, 9.17) is 9.47 Å². The van der Waals surface area contributed by atoms with Crippen molar-refractivity contribution in [3.63, 3.8) is 0 Å². The number of rotatable bonds is 10. The molecule has 172 valence electrons. The van der Waals surface area contributed by atoms with Gasteiger partial charge in [0.1, 0.15) is 22.8 Å². The van der Waals surface area contributed by atoms with E-state index < -0.39 is 34.8 Å². The monoisotopic (exact) mass is 449 g/mol. The maximum absolute atomic E-state index is 13.6. The lowest BCUT2D eigenvalue weighted by molar-refractivity contribution is -0.116. The first-order valence-electron chi connectivity index (χ1n) is 10.2. The number of hydrogen-bond donors (Lipinski definition) is 1. The molecule has 0 unspecified atom stereocenters. The predicted molar refractivity (Wildman–Crippen MR) is 110 cm³/mol. The van der Waals surface area contributed by atoms with Gasteiger partial charge in [0, 0.05) is 50.9 Å². The predicted octanol–water partition coefficient (Wildman–Crippen LogP) is 3.74. The molecular formula is C22H25F2N3O5. The Labute approximate surface area is 183 Å². The summed E-state index contributed by atoms with van der Waals surface area (Å²) >= 11 is 0. The van der Waals surface area contributed by atoms with Crippen molar-refractivity contribution < 1.29 is 33.0 Å². The molecule has 2 heterocycles. The molecule has 0 aromatic carbocycles. The Morgan fingerprint density at radius 1 is 1.31 bits per heavy atom. The number of halogens is 2. The van der Waals surface area contributed by atoms with Gasteiger partial charge in [0.2, 0.25) is 5.78 Å². The normalized spacial score (nSPS) is 14.3. The van der Waals surface area contributed by atoms with Crippen LogP contribution in [0.5, 0.6) is 5.75 Å². The fraction of sp³-hybridized carbons (Fsp3) is 0.455. The van der Waals surface area contributed by atoms with Crippen LogP contribution < -0.4 is 4.74 Å². The average Bonchev–Trinajstić information content (AvgIpc) is 3.18. The number of aliphatic hydroxyl groups excluding tert-OH is 1. The standard InChI is InChI=1S/C22H25F2N3O5/c1-13-15(25-8-7-18(13)32-10-4-9-31-2)12-27-11-14(20(26-27)22(23)24)21(30)19-16(28)5-3-6-17(19)29/h7-8,11,22,28H,3-6,9-10,12H2,1-2H3. The van der Waals surface area contributed by atoms with E-state index in [1.165, 1.54) is 10.9 Å². The molecule has 0 bridgehead atoms. The van der Waals surface area contributed by atoms with E-state index in [0.29, 0.717) is 37.5 Å². The molecule has 0 saturated heterocycles. The number of carbonyl (C=O) groups excluding carboxylic acids is 2. The first-order chi connectivity index (χ1) is 15.3. The number of Topliss-reactive ketones (excluding diaryl/α,β-unsaturated/α-hetero) is 2. The quantitative estimate of drug-likeness (QED) is 0.335. The first-order valence-corrected chi connectivity index (χ1v) is 10.2. The average molecular weight is 449 g/mol. The summed E-state index contributed by atoms with van der Waals surface area (Å²) in [5.41, 5.74) is -0.319. The number of nitrogens with zero attached hydrogens (tertiary/aromatic N) is 3. The number of methoxy groups -OCH3 is 1. The molecule has 0 fully saturated rings. The highest BCUT2D eigenvalue weighted by atomic mass is 19.3. The largest absolute Gasteiger partial charge is 0.511 e. The van der Waals surface area contributed by atoms with Gasteiger partial charge >= 0.3 is 0 Å². The Bertz CT molecular complexity index is 1030. The van der Waals surface area contributed by atoms with Gasteiger partial charge in [0.15, 0.2) is 5.78 Å². The minimum atomic E-state index is -3.03. The second-order valence-corrected chi connectivity index (χ2v) is 7.43. The summed E-state index contributed by atoms with van der Waals surface area (Å²) in [5, 5.41) is 13.9. The van der Waals surface area contributed by atoms with Gasteiger partial charge in [-0.3, -0.25) is 19.3 Å².